The second-order valence-electron chi connectivity index (χ2n) is 4.34. The van der Waals surface area contributed by atoms with Gasteiger partial charge in [0, 0.05) is 27.3 Å². The number of pyridine rings is 1. The van der Waals surface area contributed by atoms with Gasteiger partial charge in [-0.3, -0.25) is 10.1 Å². The summed E-state index contributed by atoms with van der Waals surface area (Å²) in [5.41, 5.74) is 0.0137. The van der Waals surface area contributed by atoms with Gasteiger partial charge >= 0.3 is 0 Å². The van der Waals surface area contributed by atoms with Crippen LogP contribution in [0.1, 0.15) is 12.8 Å². The lowest BCUT2D eigenvalue weighted by atomic mass is 10.3. The van der Waals surface area contributed by atoms with Crippen molar-refractivity contribution in [3.63, 3.8) is 0 Å². The van der Waals surface area contributed by atoms with Crippen molar-refractivity contribution in [3.8, 4) is 0 Å². The Morgan fingerprint density at radius 1 is 1.24 bits per heavy atom. The monoisotopic (exact) mass is 298 g/mol. The van der Waals surface area contributed by atoms with E-state index in [1.54, 1.807) is 14.2 Å². The first kappa shape index (κ1) is 17.1. The van der Waals surface area contributed by atoms with Crippen molar-refractivity contribution in [1.29, 1.82) is 0 Å². The van der Waals surface area contributed by atoms with E-state index >= 15 is 0 Å². The van der Waals surface area contributed by atoms with Gasteiger partial charge in [-0.25, -0.2) is 4.98 Å². The average Bonchev–Trinajstić information content (AvgIpc) is 2.49. The molecule has 0 amide bonds. The maximum Gasteiger partial charge on any atom is 0.276 e. The van der Waals surface area contributed by atoms with Gasteiger partial charge in [0.1, 0.15) is 11.6 Å². The third kappa shape index (κ3) is 6.87. The molecule has 0 aliphatic carbocycles. The molecule has 0 spiro atoms. The Labute approximate surface area is 124 Å². The summed E-state index contributed by atoms with van der Waals surface area (Å²) in [6.07, 6.45) is 1.80. The summed E-state index contributed by atoms with van der Waals surface area (Å²) in [5.74, 6) is 0.962. The molecule has 0 bridgehead atoms. The third-order valence-corrected chi connectivity index (χ3v) is 2.73. The standard InChI is InChI=1S/C13H22N4O4/c1-14-12-9-11(17(18)19)10-13(16-12)15-5-3-4-6-21-8-7-20-2/h9-10H,3-8H2,1-2H3,(H2,14,15,16). The molecule has 0 fully saturated rings. The number of aromatic nitrogens is 1. The summed E-state index contributed by atoms with van der Waals surface area (Å²) in [6, 6.07) is 2.82. The topological polar surface area (TPSA) is 98.6 Å². The Morgan fingerprint density at radius 3 is 2.67 bits per heavy atom. The van der Waals surface area contributed by atoms with Crippen molar-refractivity contribution >= 4 is 17.3 Å². The number of unbranched alkanes of at least 4 members (excludes halogenated alkanes) is 1. The maximum atomic E-state index is 10.8. The van der Waals surface area contributed by atoms with Crippen LogP contribution in [0.3, 0.4) is 0 Å². The molecule has 8 nitrogen and oxygen atoms in total. The second-order valence-corrected chi connectivity index (χ2v) is 4.34. The van der Waals surface area contributed by atoms with Crippen molar-refractivity contribution in [1.82, 2.24) is 4.98 Å². The van der Waals surface area contributed by atoms with Crippen LogP contribution in [0, 0.1) is 10.1 Å². The first-order valence-electron chi connectivity index (χ1n) is 6.82. The number of rotatable bonds is 11. The summed E-state index contributed by atoms with van der Waals surface area (Å²) in [5, 5.41) is 16.7. The Balaban J connectivity index is 2.31. The Hall–Kier alpha value is -1.93. The van der Waals surface area contributed by atoms with Crippen molar-refractivity contribution < 1.29 is 14.4 Å². The SMILES string of the molecule is CNc1cc([N+](=O)[O-])cc(NCCCCOCCOC)n1. The quantitative estimate of drug-likeness (QED) is 0.365. The summed E-state index contributed by atoms with van der Waals surface area (Å²) >= 11 is 0. The maximum absolute atomic E-state index is 10.8. The van der Waals surface area contributed by atoms with E-state index in [2.05, 4.69) is 15.6 Å². The molecule has 0 saturated heterocycles. The first-order valence-corrected chi connectivity index (χ1v) is 6.82. The number of hydrogen-bond donors (Lipinski definition) is 2. The van der Waals surface area contributed by atoms with Crippen molar-refractivity contribution in [2.24, 2.45) is 0 Å². The molecule has 1 aromatic heterocycles. The van der Waals surface area contributed by atoms with Gasteiger partial charge in [-0.05, 0) is 12.8 Å². The molecule has 2 N–H and O–H groups in total. The molecule has 118 valence electrons. The minimum atomic E-state index is -0.433. The zero-order chi connectivity index (χ0) is 15.5. The second kappa shape index (κ2) is 9.89. The lowest BCUT2D eigenvalue weighted by molar-refractivity contribution is -0.384. The van der Waals surface area contributed by atoms with Gasteiger partial charge in [-0.2, -0.15) is 0 Å². The van der Waals surface area contributed by atoms with Gasteiger partial charge in [-0.15, -0.1) is 0 Å². The largest absolute Gasteiger partial charge is 0.382 e. The van der Waals surface area contributed by atoms with Crippen LogP contribution < -0.4 is 10.6 Å². The summed E-state index contributed by atoms with van der Waals surface area (Å²) in [6.45, 7) is 2.56. The van der Waals surface area contributed by atoms with E-state index in [1.807, 2.05) is 0 Å². The molecule has 0 atom stereocenters. The van der Waals surface area contributed by atoms with Gasteiger partial charge < -0.3 is 20.1 Å². The Morgan fingerprint density at radius 2 is 2.00 bits per heavy atom. The number of methoxy groups -OCH3 is 1. The molecule has 8 heteroatoms. The highest BCUT2D eigenvalue weighted by Gasteiger charge is 2.10. The number of hydrogen-bond acceptors (Lipinski definition) is 7. The lowest BCUT2D eigenvalue weighted by Gasteiger charge is -2.08. The van der Waals surface area contributed by atoms with Crippen LogP contribution in [0.2, 0.25) is 0 Å². The number of nitro groups is 1. The fourth-order valence-electron chi connectivity index (χ4n) is 1.63. The number of anilines is 2. The van der Waals surface area contributed by atoms with Crippen LogP contribution in [0.25, 0.3) is 0 Å². The zero-order valence-electron chi connectivity index (χ0n) is 12.4. The molecule has 21 heavy (non-hydrogen) atoms. The van der Waals surface area contributed by atoms with E-state index in [0.29, 0.717) is 38.0 Å². The smallest absolute Gasteiger partial charge is 0.276 e. The van der Waals surface area contributed by atoms with Crippen molar-refractivity contribution in [2.45, 2.75) is 12.8 Å². The van der Waals surface area contributed by atoms with Gasteiger partial charge in [0.2, 0.25) is 0 Å². The van der Waals surface area contributed by atoms with Crippen LogP contribution in [-0.4, -0.2) is 50.4 Å². The normalized spacial score (nSPS) is 10.4. The first-order chi connectivity index (χ1) is 10.2. The molecular formula is C13H22N4O4. The van der Waals surface area contributed by atoms with Crippen LogP contribution in [0.5, 0.6) is 0 Å². The fraction of sp³-hybridized carbons (Fsp3) is 0.615. The molecule has 1 rings (SSSR count). The van der Waals surface area contributed by atoms with Crippen LogP contribution in [0.4, 0.5) is 17.3 Å². The summed E-state index contributed by atoms with van der Waals surface area (Å²) < 4.78 is 10.2. The van der Waals surface area contributed by atoms with Gasteiger partial charge in [0.15, 0.2) is 0 Å². The summed E-state index contributed by atoms with van der Waals surface area (Å²) in [7, 11) is 3.31. The minimum Gasteiger partial charge on any atom is -0.382 e. The zero-order valence-corrected chi connectivity index (χ0v) is 12.4. The van der Waals surface area contributed by atoms with Gasteiger partial charge in [0.05, 0.1) is 30.3 Å². The number of nitrogens with one attached hydrogen (secondary N) is 2. The highest BCUT2D eigenvalue weighted by Crippen LogP contribution is 2.20. The number of nitrogens with zero attached hydrogens (tertiary/aromatic N) is 2. The number of ether oxygens (including phenoxy) is 2. The van der Waals surface area contributed by atoms with Crippen molar-refractivity contribution in [2.75, 3.05) is 51.2 Å². The molecule has 1 aromatic rings. The van der Waals surface area contributed by atoms with E-state index in [-0.39, 0.29) is 5.69 Å². The van der Waals surface area contributed by atoms with Crippen molar-refractivity contribution in [3.05, 3.63) is 22.2 Å². The van der Waals surface area contributed by atoms with E-state index in [0.717, 1.165) is 12.8 Å². The van der Waals surface area contributed by atoms with E-state index < -0.39 is 4.92 Å². The fourth-order valence-corrected chi connectivity index (χ4v) is 1.63. The molecule has 0 radical (unpaired) electrons. The molecule has 0 saturated carbocycles. The summed E-state index contributed by atoms with van der Waals surface area (Å²) in [4.78, 5) is 14.6. The molecule has 1 heterocycles. The Kier molecular flexibility index (Phi) is 8.07. The highest BCUT2D eigenvalue weighted by atomic mass is 16.6. The molecule has 0 aliphatic heterocycles. The highest BCUT2D eigenvalue weighted by molar-refractivity contribution is 5.54. The predicted molar refractivity (Wildman–Crippen MR) is 80.9 cm³/mol. The van der Waals surface area contributed by atoms with E-state index in [9.17, 15) is 10.1 Å². The van der Waals surface area contributed by atoms with E-state index in [4.69, 9.17) is 9.47 Å². The van der Waals surface area contributed by atoms with Crippen LogP contribution >= 0.6 is 0 Å². The van der Waals surface area contributed by atoms with Gasteiger partial charge in [0.25, 0.3) is 5.69 Å². The van der Waals surface area contributed by atoms with Crippen LogP contribution in [0.15, 0.2) is 12.1 Å². The predicted octanol–water partition coefficient (Wildman–Crippen LogP) is 1.89. The third-order valence-electron chi connectivity index (χ3n) is 2.73. The minimum absolute atomic E-state index is 0.0137. The molecule has 0 aliphatic rings. The molecule has 0 aromatic carbocycles. The molecular weight excluding hydrogens is 276 g/mol. The van der Waals surface area contributed by atoms with Gasteiger partial charge in [-0.1, -0.05) is 0 Å². The van der Waals surface area contributed by atoms with Crippen LogP contribution in [-0.2, 0) is 9.47 Å². The van der Waals surface area contributed by atoms with E-state index in [1.165, 1.54) is 12.1 Å². The molecule has 0 unspecified atom stereocenters. The average molecular weight is 298 g/mol. The lowest BCUT2D eigenvalue weighted by Crippen LogP contribution is -2.08. The Bertz CT molecular complexity index is 442.